The molecule has 0 fully saturated rings. The van der Waals surface area contributed by atoms with Gasteiger partial charge in [-0.2, -0.15) is 8.75 Å². The summed E-state index contributed by atoms with van der Waals surface area (Å²) in [5.41, 5.74) is 2.98. The third-order valence-electron chi connectivity index (χ3n) is 6.74. The minimum atomic E-state index is -0.914. The summed E-state index contributed by atoms with van der Waals surface area (Å²) in [5, 5.41) is 0. The molecule has 0 unspecified atom stereocenters. The van der Waals surface area contributed by atoms with Crippen LogP contribution in [0.2, 0.25) is 0 Å². The van der Waals surface area contributed by atoms with E-state index in [0.717, 1.165) is 44.1 Å². The summed E-state index contributed by atoms with van der Waals surface area (Å²) in [6.07, 6.45) is 0. The minimum absolute atomic E-state index is 0.145. The largest absolute Gasteiger partial charge is 0.493 e. The molecule has 9 heteroatoms. The van der Waals surface area contributed by atoms with E-state index in [-0.39, 0.29) is 11.1 Å². The van der Waals surface area contributed by atoms with Crippen LogP contribution in [0, 0.1) is 23.5 Å². The van der Waals surface area contributed by atoms with Crippen molar-refractivity contribution in [2.45, 2.75) is 27.7 Å². The van der Waals surface area contributed by atoms with Gasteiger partial charge in [0, 0.05) is 19.5 Å². The fraction of sp³-hybridized carbons (Fsp3) is 0.235. The molecule has 0 radical (unpaired) electrons. The number of hydrogen-bond acceptors (Lipinski definition) is 7. The van der Waals surface area contributed by atoms with E-state index in [2.05, 4.69) is 36.4 Å². The van der Waals surface area contributed by atoms with Crippen LogP contribution in [0.25, 0.3) is 52.8 Å². The lowest BCUT2D eigenvalue weighted by molar-refractivity contribution is 0.271. The smallest absolute Gasteiger partial charge is 0.170 e. The van der Waals surface area contributed by atoms with E-state index in [1.165, 1.54) is 22.7 Å². The van der Waals surface area contributed by atoms with Crippen molar-refractivity contribution < 1.29 is 18.3 Å². The van der Waals surface area contributed by atoms with Crippen LogP contribution < -0.4 is 9.47 Å². The highest BCUT2D eigenvalue weighted by atomic mass is 32.1. The van der Waals surface area contributed by atoms with E-state index >= 15 is 8.78 Å². The van der Waals surface area contributed by atoms with Crippen molar-refractivity contribution in [2.75, 3.05) is 13.2 Å². The molecular formula is C34H30F2N2O2S3. The quantitative estimate of drug-likeness (QED) is 0.151. The summed E-state index contributed by atoms with van der Waals surface area (Å²) in [7, 11) is 0. The molecule has 3 heterocycles. The maximum atomic E-state index is 15.9. The second kappa shape index (κ2) is 12.5. The Morgan fingerprint density at radius 3 is 1.30 bits per heavy atom. The van der Waals surface area contributed by atoms with Crippen molar-refractivity contribution in [3.8, 4) is 53.3 Å². The number of nitrogens with zero attached hydrogens (tertiary/aromatic N) is 2. The van der Waals surface area contributed by atoms with Gasteiger partial charge in [0.15, 0.2) is 11.6 Å². The lowest BCUT2D eigenvalue weighted by atomic mass is 10.0. The maximum Gasteiger partial charge on any atom is 0.170 e. The number of hydrogen-bond donors (Lipinski definition) is 0. The van der Waals surface area contributed by atoms with Gasteiger partial charge in [-0.1, -0.05) is 27.7 Å². The average molecular weight is 633 g/mol. The lowest BCUT2D eigenvalue weighted by Gasteiger charge is -2.09. The number of thiophene rings is 2. The van der Waals surface area contributed by atoms with Crippen LogP contribution >= 0.6 is 34.4 Å². The third kappa shape index (κ3) is 6.20. The van der Waals surface area contributed by atoms with Crippen molar-refractivity contribution >= 4 is 45.4 Å². The van der Waals surface area contributed by atoms with Crippen LogP contribution in [-0.2, 0) is 0 Å². The lowest BCUT2D eigenvalue weighted by Crippen LogP contribution is -2.04. The van der Waals surface area contributed by atoms with Crippen LogP contribution in [-0.4, -0.2) is 22.0 Å². The van der Waals surface area contributed by atoms with Gasteiger partial charge >= 0.3 is 0 Å². The summed E-state index contributed by atoms with van der Waals surface area (Å²) in [4.78, 5) is 3.08. The number of ether oxygens (including phenoxy) is 2. The number of rotatable bonds is 10. The molecule has 0 saturated heterocycles. The third-order valence-corrected chi connectivity index (χ3v) is 9.58. The predicted molar refractivity (Wildman–Crippen MR) is 175 cm³/mol. The monoisotopic (exact) mass is 632 g/mol. The van der Waals surface area contributed by atoms with Crippen molar-refractivity contribution in [1.82, 2.24) is 8.75 Å². The Kier molecular flexibility index (Phi) is 8.56. The van der Waals surface area contributed by atoms with E-state index in [1.54, 1.807) is 0 Å². The molecule has 0 spiro atoms. The van der Waals surface area contributed by atoms with Gasteiger partial charge in [0.2, 0.25) is 0 Å². The number of aromatic nitrogens is 2. The number of halogens is 2. The standard InChI is InChI=1S/C34H30F2N2O2S3/c1-19(2)17-39-23-9-5-21(6-10-23)25-13-15-27(41-25)29-31(35)32(36)30(34-33(29)37-43-38-34)28-16-14-26(42-28)22-7-11-24(12-8-22)40-18-20(3)4/h5-16,19-20H,17-18H2,1-4H3. The normalized spacial score (nSPS) is 11.6. The Morgan fingerprint density at radius 1 is 0.558 bits per heavy atom. The van der Waals surface area contributed by atoms with E-state index < -0.39 is 11.6 Å². The molecule has 43 heavy (non-hydrogen) atoms. The first-order chi connectivity index (χ1) is 20.8. The first-order valence-electron chi connectivity index (χ1n) is 14.1. The summed E-state index contributed by atoms with van der Waals surface area (Å²) in [5.74, 6) is 0.653. The first-order valence-corrected chi connectivity index (χ1v) is 16.4. The summed E-state index contributed by atoms with van der Waals surface area (Å²) in [6.45, 7) is 9.71. The van der Waals surface area contributed by atoms with Crippen LogP contribution in [0.5, 0.6) is 11.5 Å². The first kappa shape index (κ1) is 29.4. The maximum absolute atomic E-state index is 15.9. The Bertz CT molecular complexity index is 1720. The fourth-order valence-electron chi connectivity index (χ4n) is 4.61. The average Bonchev–Trinajstić information content (AvgIpc) is 3.78. The van der Waals surface area contributed by atoms with Gasteiger partial charge in [0.25, 0.3) is 0 Å². The zero-order valence-corrected chi connectivity index (χ0v) is 26.6. The summed E-state index contributed by atoms with van der Waals surface area (Å²) >= 11 is 3.75. The Morgan fingerprint density at radius 2 is 0.930 bits per heavy atom. The molecule has 6 aromatic rings. The second-order valence-corrected chi connectivity index (χ2v) is 13.8. The Balaban J connectivity index is 1.30. The van der Waals surface area contributed by atoms with Gasteiger partial charge in [0.05, 0.1) is 36.1 Å². The molecule has 0 aliphatic heterocycles. The van der Waals surface area contributed by atoms with Gasteiger partial charge < -0.3 is 9.47 Å². The molecule has 3 aromatic carbocycles. The van der Waals surface area contributed by atoms with Crippen LogP contribution in [0.4, 0.5) is 8.78 Å². The van der Waals surface area contributed by atoms with Crippen LogP contribution in [0.1, 0.15) is 27.7 Å². The van der Waals surface area contributed by atoms with E-state index in [1.807, 2.05) is 72.8 Å². The second-order valence-electron chi connectivity index (χ2n) is 11.1. The molecule has 0 bridgehead atoms. The van der Waals surface area contributed by atoms with E-state index in [4.69, 9.17) is 9.47 Å². The van der Waals surface area contributed by atoms with E-state index in [9.17, 15) is 0 Å². The minimum Gasteiger partial charge on any atom is -0.493 e. The van der Waals surface area contributed by atoms with Gasteiger partial charge in [-0.25, -0.2) is 8.78 Å². The predicted octanol–water partition coefficient (Wildman–Crippen LogP) is 10.8. The van der Waals surface area contributed by atoms with Gasteiger partial charge in [-0.15, -0.1) is 22.7 Å². The summed E-state index contributed by atoms with van der Waals surface area (Å²) < 4.78 is 52.2. The van der Waals surface area contributed by atoms with Gasteiger partial charge in [0.1, 0.15) is 22.5 Å². The molecule has 0 N–H and O–H groups in total. The number of fused-ring (bicyclic) bond motifs is 1. The SMILES string of the molecule is CC(C)COc1ccc(-c2ccc(-c3c(F)c(F)c(-c4ccc(-c5ccc(OCC(C)C)cc5)s4)c4nsnc34)s2)cc1. The molecule has 4 nitrogen and oxygen atoms in total. The van der Waals surface area contributed by atoms with Gasteiger partial charge in [-0.05, 0) is 95.8 Å². The van der Waals surface area contributed by atoms with Crippen molar-refractivity contribution in [3.63, 3.8) is 0 Å². The molecule has 6 rings (SSSR count). The molecule has 0 amide bonds. The highest BCUT2D eigenvalue weighted by Crippen LogP contribution is 2.45. The van der Waals surface area contributed by atoms with Crippen LogP contribution in [0.3, 0.4) is 0 Å². The van der Waals surface area contributed by atoms with Crippen molar-refractivity contribution in [3.05, 3.63) is 84.4 Å². The van der Waals surface area contributed by atoms with Gasteiger partial charge in [-0.3, -0.25) is 0 Å². The molecular weight excluding hydrogens is 603 g/mol. The number of benzene rings is 3. The van der Waals surface area contributed by atoms with Crippen molar-refractivity contribution in [2.24, 2.45) is 11.8 Å². The zero-order valence-electron chi connectivity index (χ0n) is 24.2. The summed E-state index contributed by atoms with van der Waals surface area (Å²) in [6, 6.07) is 23.1. The molecule has 0 atom stereocenters. The topological polar surface area (TPSA) is 44.2 Å². The fourth-order valence-corrected chi connectivity index (χ4v) is 7.27. The molecule has 0 aliphatic carbocycles. The molecule has 0 saturated carbocycles. The molecule has 0 aliphatic rings. The Hall–Kier alpha value is -3.66. The molecule has 3 aromatic heterocycles. The van der Waals surface area contributed by atoms with Crippen molar-refractivity contribution in [1.29, 1.82) is 0 Å². The Labute approximate surface area is 261 Å². The molecule has 220 valence electrons. The highest BCUT2D eigenvalue weighted by molar-refractivity contribution is 7.19. The van der Waals surface area contributed by atoms with E-state index in [0.29, 0.717) is 45.8 Å². The van der Waals surface area contributed by atoms with Crippen LogP contribution in [0.15, 0.2) is 72.8 Å². The highest BCUT2D eigenvalue weighted by Gasteiger charge is 2.27. The zero-order chi connectivity index (χ0) is 30.1.